The summed E-state index contributed by atoms with van der Waals surface area (Å²) < 4.78 is 0. The Hall–Kier alpha value is -2.42. The third-order valence-corrected chi connectivity index (χ3v) is 5.64. The Bertz CT molecular complexity index is 624. The molecule has 0 unspecified atom stereocenters. The summed E-state index contributed by atoms with van der Waals surface area (Å²) >= 11 is 0. The smallest absolute Gasteiger partial charge is 0.0618 e. The van der Waals surface area contributed by atoms with Crippen LogP contribution in [0.5, 0.6) is 0 Å². The van der Waals surface area contributed by atoms with E-state index in [1.165, 1.54) is 15.9 Å². The molecule has 3 aromatic carbocycles. The van der Waals surface area contributed by atoms with Crippen molar-refractivity contribution in [2.75, 3.05) is 0 Å². The van der Waals surface area contributed by atoms with Crippen molar-refractivity contribution < 1.29 is 0 Å². The van der Waals surface area contributed by atoms with Gasteiger partial charge in [-0.15, -0.1) is 0 Å². The van der Waals surface area contributed by atoms with Crippen molar-refractivity contribution in [3.63, 3.8) is 0 Å². The maximum absolute atomic E-state index is 7.62. The van der Waals surface area contributed by atoms with E-state index in [4.69, 9.17) is 5.26 Å². The number of benzene rings is 3. The highest BCUT2D eigenvalue weighted by atomic mass is 31.1. The van der Waals surface area contributed by atoms with Gasteiger partial charge in [-0.3, -0.25) is 0 Å². The average molecular weight is 317 g/mol. The molecule has 0 N–H and O–H groups in total. The Labute approximate surface area is 140 Å². The van der Waals surface area contributed by atoms with Gasteiger partial charge in [0.1, 0.15) is 0 Å². The number of nitriles is 1. The largest absolute Gasteiger partial charge is 0.198 e. The summed E-state index contributed by atoms with van der Waals surface area (Å²) in [7, 11) is -0.446. The number of hydrogen-bond donors (Lipinski definition) is 0. The molecule has 114 valence electrons. The van der Waals surface area contributed by atoms with Crippen molar-refractivity contribution in [1.82, 2.24) is 0 Å². The fraction of sp³-hybridized carbons (Fsp3) is 0.0952. The van der Waals surface area contributed by atoms with Gasteiger partial charge >= 0.3 is 0 Å². The van der Waals surface area contributed by atoms with E-state index in [0.29, 0.717) is 6.42 Å². The van der Waals surface area contributed by atoms with Crippen LogP contribution in [0.1, 0.15) is 13.3 Å². The molecular weight excluding hydrogens is 297 g/mol. The Balaban J connectivity index is 0.000000433. The van der Waals surface area contributed by atoms with E-state index >= 15 is 0 Å². The molecular formula is C21H20NP. The van der Waals surface area contributed by atoms with Crippen LogP contribution >= 0.6 is 7.92 Å². The molecule has 1 nitrogen and oxygen atoms in total. The third-order valence-electron chi connectivity index (χ3n) is 3.20. The molecule has 0 aromatic heterocycles. The summed E-state index contributed by atoms with van der Waals surface area (Å²) in [4.78, 5) is 0. The van der Waals surface area contributed by atoms with E-state index in [1.807, 2.05) is 13.0 Å². The number of nitrogens with zero attached hydrogens (tertiary/aromatic N) is 1. The van der Waals surface area contributed by atoms with E-state index in [2.05, 4.69) is 91.0 Å². The quantitative estimate of drug-likeness (QED) is 0.658. The molecule has 0 radical (unpaired) electrons. The molecule has 0 fully saturated rings. The maximum atomic E-state index is 7.62. The van der Waals surface area contributed by atoms with Crippen LogP contribution in [0, 0.1) is 11.3 Å². The van der Waals surface area contributed by atoms with E-state index < -0.39 is 7.92 Å². The first-order valence-electron chi connectivity index (χ1n) is 7.69. The molecule has 0 aliphatic carbocycles. The van der Waals surface area contributed by atoms with E-state index in [0.717, 1.165) is 0 Å². The van der Waals surface area contributed by atoms with Crippen LogP contribution in [-0.4, -0.2) is 0 Å². The zero-order valence-corrected chi connectivity index (χ0v) is 14.2. The molecule has 3 rings (SSSR count). The fourth-order valence-corrected chi connectivity index (χ4v) is 4.48. The van der Waals surface area contributed by atoms with Crippen LogP contribution in [-0.2, 0) is 0 Å². The highest BCUT2D eigenvalue weighted by Crippen LogP contribution is 2.32. The van der Waals surface area contributed by atoms with Gasteiger partial charge in [-0.1, -0.05) is 97.9 Å². The molecule has 0 saturated carbocycles. The van der Waals surface area contributed by atoms with E-state index in [1.54, 1.807) is 0 Å². The van der Waals surface area contributed by atoms with Crippen molar-refractivity contribution in [3.05, 3.63) is 91.0 Å². The van der Waals surface area contributed by atoms with Crippen molar-refractivity contribution in [1.29, 1.82) is 5.26 Å². The molecule has 0 amide bonds. The molecule has 0 aliphatic rings. The summed E-state index contributed by atoms with van der Waals surface area (Å²) in [5.41, 5.74) is 0. The number of hydrogen-bond acceptors (Lipinski definition) is 1. The maximum Gasteiger partial charge on any atom is 0.0618 e. The van der Waals surface area contributed by atoms with Gasteiger partial charge in [-0.25, -0.2) is 0 Å². The molecule has 0 spiro atoms. The van der Waals surface area contributed by atoms with Gasteiger partial charge in [0.05, 0.1) is 6.07 Å². The summed E-state index contributed by atoms with van der Waals surface area (Å²) in [5.74, 6) is 0. The monoisotopic (exact) mass is 317 g/mol. The molecule has 0 saturated heterocycles. The average Bonchev–Trinajstić information content (AvgIpc) is 2.65. The fourth-order valence-electron chi connectivity index (χ4n) is 2.18. The first-order valence-corrected chi connectivity index (χ1v) is 9.03. The highest BCUT2D eigenvalue weighted by Gasteiger charge is 2.14. The van der Waals surface area contributed by atoms with Gasteiger partial charge in [0.2, 0.25) is 0 Å². The van der Waals surface area contributed by atoms with Crippen LogP contribution in [0.2, 0.25) is 0 Å². The normalized spacial score (nSPS) is 9.61. The summed E-state index contributed by atoms with van der Waals surface area (Å²) in [6.07, 6.45) is 0.625. The van der Waals surface area contributed by atoms with Crippen LogP contribution < -0.4 is 15.9 Å². The Kier molecular flexibility index (Phi) is 7.05. The Morgan fingerprint density at radius 1 is 0.652 bits per heavy atom. The molecule has 23 heavy (non-hydrogen) atoms. The SMILES string of the molecule is CCC#N.c1ccc(P(c2ccccc2)c2ccccc2)cc1. The zero-order valence-electron chi connectivity index (χ0n) is 13.3. The zero-order chi connectivity index (χ0) is 16.3. The molecule has 0 heterocycles. The van der Waals surface area contributed by atoms with Crippen LogP contribution in [0.3, 0.4) is 0 Å². The van der Waals surface area contributed by atoms with Gasteiger partial charge in [-0.2, -0.15) is 5.26 Å². The lowest BCUT2D eigenvalue weighted by Gasteiger charge is -2.18. The molecule has 3 aromatic rings. The van der Waals surface area contributed by atoms with Gasteiger partial charge in [0.25, 0.3) is 0 Å². The van der Waals surface area contributed by atoms with Gasteiger partial charge in [0.15, 0.2) is 0 Å². The standard InChI is InChI=1S/C18H15P.C3H5N/c1-4-10-16(11-5-1)19(17-12-6-2-7-13-17)18-14-8-3-9-15-18;1-2-3-4/h1-15H;2H2,1H3. The second kappa shape index (κ2) is 9.57. The first kappa shape index (κ1) is 16.9. The van der Waals surface area contributed by atoms with Crippen molar-refractivity contribution in [2.24, 2.45) is 0 Å². The van der Waals surface area contributed by atoms with E-state index in [9.17, 15) is 0 Å². The third kappa shape index (κ3) is 5.06. The Morgan fingerprint density at radius 3 is 1.13 bits per heavy atom. The molecule has 0 aliphatic heterocycles. The van der Waals surface area contributed by atoms with Gasteiger partial charge in [-0.05, 0) is 23.8 Å². The second-order valence-electron chi connectivity index (χ2n) is 4.85. The Morgan fingerprint density at radius 2 is 0.913 bits per heavy atom. The molecule has 0 atom stereocenters. The lowest BCUT2D eigenvalue weighted by molar-refractivity contribution is 1.22. The second-order valence-corrected chi connectivity index (χ2v) is 7.07. The minimum Gasteiger partial charge on any atom is -0.198 e. The summed E-state index contributed by atoms with van der Waals surface area (Å²) in [6, 6.07) is 34.3. The topological polar surface area (TPSA) is 23.8 Å². The van der Waals surface area contributed by atoms with Gasteiger partial charge in [0, 0.05) is 6.42 Å². The summed E-state index contributed by atoms with van der Waals surface area (Å²) in [5, 5.41) is 11.8. The minimum atomic E-state index is -0.446. The molecule has 0 bridgehead atoms. The minimum absolute atomic E-state index is 0.446. The van der Waals surface area contributed by atoms with E-state index in [-0.39, 0.29) is 0 Å². The van der Waals surface area contributed by atoms with Crippen LogP contribution in [0.4, 0.5) is 0 Å². The number of rotatable bonds is 3. The predicted octanol–water partition coefficient (Wildman–Crippen LogP) is 4.36. The summed E-state index contributed by atoms with van der Waals surface area (Å²) in [6.45, 7) is 1.82. The van der Waals surface area contributed by atoms with Crippen molar-refractivity contribution in [3.8, 4) is 6.07 Å². The van der Waals surface area contributed by atoms with Crippen LogP contribution in [0.15, 0.2) is 91.0 Å². The lowest BCUT2D eigenvalue weighted by Crippen LogP contribution is -2.20. The van der Waals surface area contributed by atoms with Crippen molar-refractivity contribution >= 4 is 23.8 Å². The predicted molar refractivity (Wildman–Crippen MR) is 101 cm³/mol. The van der Waals surface area contributed by atoms with Crippen molar-refractivity contribution in [2.45, 2.75) is 13.3 Å². The first-order chi connectivity index (χ1) is 11.4. The molecule has 2 heteroatoms. The highest BCUT2D eigenvalue weighted by molar-refractivity contribution is 7.79. The lowest BCUT2D eigenvalue weighted by atomic mass is 10.4. The van der Waals surface area contributed by atoms with Crippen LogP contribution in [0.25, 0.3) is 0 Å². The van der Waals surface area contributed by atoms with Gasteiger partial charge < -0.3 is 0 Å².